The number of rotatable bonds is 4. The van der Waals surface area contributed by atoms with E-state index in [0.29, 0.717) is 18.8 Å². The van der Waals surface area contributed by atoms with E-state index in [1.54, 1.807) is 33.7 Å². The lowest BCUT2D eigenvalue weighted by atomic mass is 10.1. The van der Waals surface area contributed by atoms with E-state index in [2.05, 4.69) is 4.98 Å². The van der Waals surface area contributed by atoms with Crippen molar-refractivity contribution >= 4 is 49.4 Å². The van der Waals surface area contributed by atoms with Crippen molar-refractivity contribution in [3.05, 3.63) is 70.4 Å². The van der Waals surface area contributed by atoms with Crippen molar-refractivity contribution in [1.82, 2.24) is 14.2 Å². The summed E-state index contributed by atoms with van der Waals surface area (Å²) in [5.41, 5.74) is 1.43. The van der Waals surface area contributed by atoms with Crippen LogP contribution in [0.2, 0.25) is 0 Å². The van der Waals surface area contributed by atoms with Gasteiger partial charge in [0.1, 0.15) is 10.7 Å². The molecule has 5 rings (SSSR count). The predicted octanol–water partition coefficient (Wildman–Crippen LogP) is 4.17. The van der Waals surface area contributed by atoms with Gasteiger partial charge < -0.3 is 4.90 Å². The van der Waals surface area contributed by atoms with Crippen LogP contribution in [-0.2, 0) is 10.0 Å². The number of thiazole rings is 1. The van der Waals surface area contributed by atoms with Crippen molar-refractivity contribution in [3.8, 4) is 10.6 Å². The lowest BCUT2D eigenvalue weighted by Crippen LogP contribution is -2.50. The Labute approximate surface area is 188 Å². The number of hydrogen-bond donors (Lipinski definition) is 0. The maximum atomic E-state index is 13.1. The summed E-state index contributed by atoms with van der Waals surface area (Å²) in [6.45, 7) is 1.22. The Balaban J connectivity index is 1.28. The summed E-state index contributed by atoms with van der Waals surface area (Å²) >= 11 is 3.03. The van der Waals surface area contributed by atoms with E-state index in [0.717, 1.165) is 21.3 Å². The number of carbonyl (C=O) groups is 1. The molecular weight excluding hydrogens is 450 g/mol. The fraction of sp³-hybridized carbons (Fsp3) is 0.182. The molecule has 1 aliphatic rings. The Morgan fingerprint density at radius 1 is 0.935 bits per heavy atom. The van der Waals surface area contributed by atoms with Crippen molar-refractivity contribution in [3.63, 3.8) is 0 Å². The maximum Gasteiger partial charge on any atom is 0.273 e. The van der Waals surface area contributed by atoms with Crippen molar-refractivity contribution < 1.29 is 13.2 Å². The second-order valence-electron chi connectivity index (χ2n) is 7.26. The summed E-state index contributed by atoms with van der Waals surface area (Å²) in [5.74, 6) is -0.152. The van der Waals surface area contributed by atoms with Gasteiger partial charge in [-0.2, -0.15) is 15.6 Å². The second-order valence-corrected chi connectivity index (χ2v) is 10.8. The number of benzene rings is 2. The molecule has 1 amide bonds. The normalized spacial score (nSPS) is 15.4. The number of fused-ring (bicyclic) bond motifs is 1. The highest BCUT2D eigenvalue weighted by Crippen LogP contribution is 2.27. The molecule has 0 saturated carbocycles. The average Bonchev–Trinajstić information content (AvgIpc) is 3.50. The molecule has 1 saturated heterocycles. The molecule has 1 aliphatic heterocycles. The van der Waals surface area contributed by atoms with Crippen LogP contribution in [0.5, 0.6) is 0 Å². The Morgan fingerprint density at radius 3 is 2.45 bits per heavy atom. The van der Waals surface area contributed by atoms with Gasteiger partial charge in [-0.15, -0.1) is 11.3 Å². The van der Waals surface area contributed by atoms with Crippen molar-refractivity contribution in [2.75, 3.05) is 26.2 Å². The van der Waals surface area contributed by atoms with Gasteiger partial charge in [-0.3, -0.25) is 4.79 Å². The first-order valence-electron chi connectivity index (χ1n) is 9.79. The number of thiophene rings is 1. The molecule has 0 bridgehead atoms. The van der Waals surface area contributed by atoms with Crippen LogP contribution in [0.15, 0.2) is 69.6 Å². The summed E-state index contributed by atoms with van der Waals surface area (Å²) in [6.07, 6.45) is 0. The minimum atomic E-state index is -3.61. The van der Waals surface area contributed by atoms with Gasteiger partial charge >= 0.3 is 0 Å². The van der Waals surface area contributed by atoms with Gasteiger partial charge in [-0.05, 0) is 34.4 Å². The van der Waals surface area contributed by atoms with Crippen LogP contribution in [-0.4, -0.2) is 54.7 Å². The Bertz CT molecular complexity index is 1340. The van der Waals surface area contributed by atoms with E-state index >= 15 is 0 Å². The summed E-state index contributed by atoms with van der Waals surface area (Å²) < 4.78 is 27.7. The third kappa shape index (κ3) is 3.89. The largest absolute Gasteiger partial charge is 0.335 e. The zero-order valence-corrected chi connectivity index (χ0v) is 18.9. The number of nitrogens with zero attached hydrogens (tertiary/aromatic N) is 3. The smallest absolute Gasteiger partial charge is 0.273 e. The number of carbonyl (C=O) groups excluding carboxylic acids is 1. The minimum Gasteiger partial charge on any atom is -0.335 e. The SMILES string of the molecule is O=C(c1csc(-c2ccsc2)n1)N1CCN(S(=O)(=O)c2ccc3ccccc3c2)CC1. The van der Waals surface area contributed by atoms with Crippen LogP contribution in [0.1, 0.15) is 10.5 Å². The molecule has 0 unspecified atom stereocenters. The van der Waals surface area contributed by atoms with Crippen LogP contribution in [0.3, 0.4) is 0 Å². The monoisotopic (exact) mass is 469 g/mol. The van der Waals surface area contributed by atoms with E-state index in [4.69, 9.17) is 0 Å². The summed E-state index contributed by atoms with van der Waals surface area (Å²) in [7, 11) is -3.61. The molecule has 4 aromatic rings. The van der Waals surface area contributed by atoms with Crippen molar-refractivity contribution in [1.29, 1.82) is 0 Å². The van der Waals surface area contributed by atoms with Gasteiger partial charge in [0.25, 0.3) is 5.91 Å². The maximum absolute atomic E-state index is 13.1. The van der Waals surface area contributed by atoms with E-state index in [-0.39, 0.29) is 23.9 Å². The molecule has 9 heteroatoms. The Hall–Kier alpha value is -2.59. The van der Waals surface area contributed by atoms with Gasteiger partial charge in [0, 0.05) is 42.5 Å². The van der Waals surface area contributed by atoms with Crippen LogP contribution >= 0.6 is 22.7 Å². The van der Waals surface area contributed by atoms with E-state index in [1.807, 2.05) is 47.2 Å². The zero-order valence-electron chi connectivity index (χ0n) is 16.5. The Morgan fingerprint density at radius 2 is 1.71 bits per heavy atom. The molecule has 3 heterocycles. The van der Waals surface area contributed by atoms with Crippen LogP contribution in [0.4, 0.5) is 0 Å². The number of aromatic nitrogens is 1. The average molecular weight is 470 g/mol. The minimum absolute atomic E-state index is 0.152. The fourth-order valence-corrected chi connectivity index (χ4v) is 6.63. The summed E-state index contributed by atoms with van der Waals surface area (Å²) in [6, 6.07) is 14.9. The van der Waals surface area contributed by atoms with Crippen molar-refractivity contribution in [2.24, 2.45) is 0 Å². The molecule has 0 spiro atoms. The van der Waals surface area contributed by atoms with Gasteiger partial charge in [-0.1, -0.05) is 30.3 Å². The number of piperazine rings is 1. The molecule has 158 valence electrons. The first kappa shape index (κ1) is 20.3. The number of amides is 1. The highest BCUT2D eigenvalue weighted by molar-refractivity contribution is 7.89. The highest BCUT2D eigenvalue weighted by Gasteiger charge is 2.31. The number of sulfonamides is 1. The van der Waals surface area contributed by atoms with Crippen LogP contribution in [0.25, 0.3) is 21.3 Å². The molecule has 0 radical (unpaired) electrons. The first-order chi connectivity index (χ1) is 15.0. The molecule has 0 N–H and O–H groups in total. The van der Waals surface area contributed by atoms with Crippen molar-refractivity contribution in [2.45, 2.75) is 4.90 Å². The summed E-state index contributed by atoms with van der Waals surface area (Å²) in [5, 5.41) is 8.47. The molecule has 2 aromatic heterocycles. The quantitative estimate of drug-likeness (QED) is 0.450. The third-order valence-corrected chi connectivity index (χ3v) is 8.85. The fourth-order valence-electron chi connectivity index (χ4n) is 3.66. The zero-order chi connectivity index (χ0) is 21.4. The molecular formula is C22H19N3O3S3. The van der Waals surface area contributed by atoms with Gasteiger partial charge in [-0.25, -0.2) is 13.4 Å². The second kappa shape index (κ2) is 8.16. The lowest BCUT2D eigenvalue weighted by Gasteiger charge is -2.33. The standard InChI is InChI=1S/C22H19N3O3S3/c26-22(20-15-30-21(23-20)18-7-12-29-14-18)24-8-10-25(11-9-24)31(27,28)19-6-5-16-3-1-2-4-17(16)13-19/h1-7,12-15H,8-11H2. The van der Waals surface area contributed by atoms with Gasteiger partial charge in [0.2, 0.25) is 10.0 Å². The molecule has 0 atom stereocenters. The van der Waals surface area contributed by atoms with E-state index in [9.17, 15) is 13.2 Å². The van der Waals surface area contributed by atoms with Gasteiger partial charge in [0.15, 0.2) is 0 Å². The molecule has 2 aromatic carbocycles. The van der Waals surface area contributed by atoms with E-state index < -0.39 is 10.0 Å². The summed E-state index contributed by atoms with van der Waals surface area (Å²) in [4.78, 5) is 19.3. The molecule has 31 heavy (non-hydrogen) atoms. The predicted molar refractivity (Wildman–Crippen MR) is 124 cm³/mol. The van der Waals surface area contributed by atoms with Gasteiger partial charge in [0.05, 0.1) is 4.90 Å². The van der Waals surface area contributed by atoms with Crippen LogP contribution in [0, 0.1) is 0 Å². The number of hydrogen-bond acceptors (Lipinski definition) is 6. The van der Waals surface area contributed by atoms with Crippen LogP contribution < -0.4 is 0 Å². The third-order valence-electron chi connectivity index (χ3n) is 5.38. The molecule has 0 aliphatic carbocycles. The molecule has 1 fully saturated rings. The topological polar surface area (TPSA) is 70.6 Å². The Kier molecular flexibility index (Phi) is 5.35. The highest BCUT2D eigenvalue weighted by atomic mass is 32.2. The first-order valence-corrected chi connectivity index (χ1v) is 13.0. The molecule has 6 nitrogen and oxygen atoms in total. The lowest BCUT2D eigenvalue weighted by molar-refractivity contribution is 0.0693. The van der Waals surface area contributed by atoms with E-state index in [1.165, 1.54) is 15.6 Å².